The van der Waals surface area contributed by atoms with Crippen molar-refractivity contribution in [2.24, 2.45) is 5.92 Å². The van der Waals surface area contributed by atoms with Crippen LogP contribution in [-0.2, 0) is 0 Å². The summed E-state index contributed by atoms with van der Waals surface area (Å²) in [6.07, 6.45) is 10.1. The fraction of sp³-hybridized carbons (Fsp3) is 1.00. The van der Waals surface area contributed by atoms with E-state index in [-0.39, 0.29) is 0 Å². The minimum Gasteiger partial charge on any atom is -0.314 e. The Balaban J connectivity index is 1.39. The van der Waals surface area contributed by atoms with E-state index >= 15 is 0 Å². The van der Waals surface area contributed by atoms with Gasteiger partial charge in [0.2, 0.25) is 0 Å². The molecule has 92 valence electrons. The number of rotatable bonds is 8. The van der Waals surface area contributed by atoms with E-state index in [9.17, 15) is 0 Å². The average Bonchev–Trinajstić information content (AvgIpc) is 3.13. The Bertz CT molecular complexity index is 229. The molecule has 0 aromatic carbocycles. The summed E-state index contributed by atoms with van der Waals surface area (Å²) in [5.74, 6) is 1.06. The Kier molecular flexibility index (Phi) is 3.21. The smallest absolute Gasteiger partial charge is 0.00993 e. The van der Waals surface area contributed by atoms with E-state index in [0.29, 0.717) is 0 Å². The van der Waals surface area contributed by atoms with E-state index in [0.717, 1.165) is 24.0 Å². The normalized spacial score (nSPS) is 27.4. The fourth-order valence-corrected chi connectivity index (χ4v) is 2.64. The summed E-state index contributed by atoms with van der Waals surface area (Å²) in [5, 5.41) is 3.64. The zero-order valence-corrected chi connectivity index (χ0v) is 10.6. The van der Waals surface area contributed by atoms with E-state index in [1.54, 1.807) is 0 Å². The van der Waals surface area contributed by atoms with Crippen LogP contribution in [-0.4, -0.2) is 36.1 Å². The summed E-state index contributed by atoms with van der Waals surface area (Å²) in [6.45, 7) is 5.07. The number of nitrogens with zero attached hydrogens (tertiary/aromatic N) is 1. The van der Waals surface area contributed by atoms with Crippen molar-refractivity contribution in [2.45, 2.75) is 70.0 Å². The third kappa shape index (κ3) is 3.21. The van der Waals surface area contributed by atoms with Gasteiger partial charge in [-0.05, 0) is 64.3 Å². The molecule has 2 heteroatoms. The predicted octanol–water partition coefficient (Wildman–Crippen LogP) is 2.39. The molecule has 0 saturated heterocycles. The monoisotopic (exact) mass is 222 g/mol. The largest absolute Gasteiger partial charge is 0.314 e. The Morgan fingerprint density at radius 3 is 2.44 bits per heavy atom. The first-order valence-electron chi connectivity index (χ1n) is 7.32. The molecule has 1 atom stereocenters. The summed E-state index contributed by atoms with van der Waals surface area (Å²) in [5.41, 5.74) is 0. The molecular formula is C14H26N2. The van der Waals surface area contributed by atoms with E-state index in [1.165, 1.54) is 58.0 Å². The summed E-state index contributed by atoms with van der Waals surface area (Å²) >= 11 is 0. The van der Waals surface area contributed by atoms with Crippen LogP contribution in [0.3, 0.4) is 0 Å². The predicted molar refractivity (Wildman–Crippen MR) is 67.6 cm³/mol. The van der Waals surface area contributed by atoms with Gasteiger partial charge in [0, 0.05) is 24.7 Å². The van der Waals surface area contributed by atoms with E-state index < -0.39 is 0 Å². The molecule has 2 nitrogen and oxygen atoms in total. The molecule has 16 heavy (non-hydrogen) atoms. The highest BCUT2D eigenvalue weighted by Crippen LogP contribution is 2.36. The maximum absolute atomic E-state index is 3.64. The molecule has 3 aliphatic rings. The third-order valence-electron chi connectivity index (χ3n) is 4.32. The number of nitrogens with one attached hydrogen (secondary N) is 1. The van der Waals surface area contributed by atoms with Crippen LogP contribution < -0.4 is 5.32 Å². The van der Waals surface area contributed by atoms with Crippen LogP contribution in [0.2, 0.25) is 0 Å². The second-order valence-corrected chi connectivity index (χ2v) is 6.24. The Hall–Kier alpha value is -0.0800. The van der Waals surface area contributed by atoms with Gasteiger partial charge in [-0.3, -0.25) is 4.90 Å². The van der Waals surface area contributed by atoms with Gasteiger partial charge < -0.3 is 5.32 Å². The Morgan fingerprint density at radius 1 is 1.12 bits per heavy atom. The zero-order chi connectivity index (χ0) is 11.0. The van der Waals surface area contributed by atoms with E-state index in [2.05, 4.69) is 17.1 Å². The van der Waals surface area contributed by atoms with Gasteiger partial charge in [0.25, 0.3) is 0 Å². The highest BCUT2D eigenvalue weighted by atomic mass is 15.2. The van der Waals surface area contributed by atoms with Gasteiger partial charge in [-0.2, -0.15) is 0 Å². The van der Waals surface area contributed by atoms with Crippen LogP contribution in [0.5, 0.6) is 0 Å². The van der Waals surface area contributed by atoms with Crippen molar-refractivity contribution in [2.75, 3.05) is 13.1 Å². The third-order valence-corrected chi connectivity index (χ3v) is 4.32. The molecule has 1 unspecified atom stereocenters. The molecule has 0 radical (unpaired) electrons. The molecule has 0 aromatic heterocycles. The SMILES string of the molecule is CC(CCNC1CC1)N(CC1CC1)C1CC1. The molecule has 0 bridgehead atoms. The molecular weight excluding hydrogens is 196 g/mol. The Labute approximate surface area is 99.8 Å². The molecule has 3 rings (SSSR count). The summed E-state index contributed by atoms with van der Waals surface area (Å²) < 4.78 is 0. The van der Waals surface area contributed by atoms with Crippen molar-refractivity contribution in [3.8, 4) is 0 Å². The first-order chi connectivity index (χ1) is 7.83. The molecule has 0 heterocycles. The minimum absolute atomic E-state index is 0.805. The first-order valence-corrected chi connectivity index (χ1v) is 7.32. The highest BCUT2D eigenvalue weighted by Gasteiger charge is 2.35. The van der Waals surface area contributed by atoms with Crippen LogP contribution >= 0.6 is 0 Å². The second-order valence-electron chi connectivity index (χ2n) is 6.24. The molecule has 0 aliphatic heterocycles. The molecule has 0 amide bonds. The van der Waals surface area contributed by atoms with Crippen LogP contribution in [0.1, 0.15) is 51.9 Å². The molecule has 3 fully saturated rings. The number of hydrogen-bond acceptors (Lipinski definition) is 2. The van der Waals surface area contributed by atoms with Crippen LogP contribution in [0.4, 0.5) is 0 Å². The Morgan fingerprint density at radius 2 is 1.88 bits per heavy atom. The number of hydrogen-bond donors (Lipinski definition) is 1. The van der Waals surface area contributed by atoms with Crippen LogP contribution in [0.15, 0.2) is 0 Å². The standard InChI is InChI=1S/C14H26N2/c1-11(8-9-15-13-4-5-13)16(14-6-7-14)10-12-2-3-12/h11-15H,2-10H2,1H3. The summed E-state index contributed by atoms with van der Waals surface area (Å²) in [6, 6.07) is 2.64. The topological polar surface area (TPSA) is 15.3 Å². The van der Waals surface area contributed by atoms with Crippen molar-refractivity contribution >= 4 is 0 Å². The lowest BCUT2D eigenvalue weighted by atomic mass is 10.1. The first kappa shape index (κ1) is 11.0. The lowest BCUT2D eigenvalue weighted by Gasteiger charge is -2.29. The molecule has 3 aliphatic carbocycles. The van der Waals surface area contributed by atoms with Crippen molar-refractivity contribution < 1.29 is 0 Å². The minimum atomic E-state index is 0.805. The maximum atomic E-state index is 3.64. The van der Waals surface area contributed by atoms with Crippen LogP contribution in [0.25, 0.3) is 0 Å². The van der Waals surface area contributed by atoms with Gasteiger partial charge in [0.05, 0.1) is 0 Å². The van der Waals surface area contributed by atoms with E-state index in [1.807, 2.05) is 0 Å². The van der Waals surface area contributed by atoms with Crippen molar-refractivity contribution in [3.63, 3.8) is 0 Å². The molecule has 0 aromatic rings. The van der Waals surface area contributed by atoms with Gasteiger partial charge in [-0.25, -0.2) is 0 Å². The molecule has 0 spiro atoms. The van der Waals surface area contributed by atoms with Gasteiger partial charge in [-0.1, -0.05) is 0 Å². The van der Waals surface area contributed by atoms with Gasteiger partial charge in [0.15, 0.2) is 0 Å². The maximum Gasteiger partial charge on any atom is 0.00993 e. The quantitative estimate of drug-likeness (QED) is 0.678. The highest BCUT2D eigenvalue weighted by molar-refractivity contribution is 4.91. The molecule has 1 N–H and O–H groups in total. The van der Waals surface area contributed by atoms with Crippen molar-refractivity contribution in [1.29, 1.82) is 0 Å². The fourth-order valence-electron chi connectivity index (χ4n) is 2.64. The van der Waals surface area contributed by atoms with Crippen LogP contribution in [0, 0.1) is 5.92 Å². The summed E-state index contributed by atoms with van der Waals surface area (Å²) in [7, 11) is 0. The van der Waals surface area contributed by atoms with Gasteiger partial charge in [0.1, 0.15) is 0 Å². The van der Waals surface area contributed by atoms with Gasteiger partial charge >= 0.3 is 0 Å². The van der Waals surface area contributed by atoms with E-state index in [4.69, 9.17) is 0 Å². The summed E-state index contributed by atoms with van der Waals surface area (Å²) in [4.78, 5) is 2.81. The average molecular weight is 222 g/mol. The van der Waals surface area contributed by atoms with Gasteiger partial charge in [-0.15, -0.1) is 0 Å². The van der Waals surface area contributed by atoms with Crippen molar-refractivity contribution in [3.05, 3.63) is 0 Å². The lowest BCUT2D eigenvalue weighted by Crippen LogP contribution is -2.38. The zero-order valence-electron chi connectivity index (χ0n) is 10.6. The second kappa shape index (κ2) is 4.66. The van der Waals surface area contributed by atoms with Crippen molar-refractivity contribution in [1.82, 2.24) is 10.2 Å². The lowest BCUT2D eigenvalue weighted by molar-refractivity contribution is 0.180. The molecule has 3 saturated carbocycles.